The highest BCUT2D eigenvalue weighted by atomic mass is 35.5. The van der Waals surface area contributed by atoms with Crippen molar-refractivity contribution in [3.63, 3.8) is 0 Å². The van der Waals surface area contributed by atoms with Crippen LogP contribution in [0.1, 0.15) is 29.3 Å². The molecule has 5 heteroatoms. The number of aromatic nitrogens is 1. The van der Waals surface area contributed by atoms with Gasteiger partial charge in [-0.2, -0.15) is 0 Å². The van der Waals surface area contributed by atoms with Gasteiger partial charge in [0.05, 0.1) is 5.69 Å². The molecule has 0 aliphatic rings. The fourth-order valence-corrected chi connectivity index (χ4v) is 3.57. The zero-order valence-electron chi connectivity index (χ0n) is 18.4. The van der Waals surface area contributed by atoms with Gasteiger partial charge in [0.1, 0.15) is 0 Å². The van der Waals surface area contributed by atoms with Crippen LogP contribution in [0.4, 0.5) is 0 Å². The summed E-state index contributed by atoms with van der Waals surface area (Å²) < 4.78 is 0. The van der Waals surface area contributed by atoms with Crippen molar-refractivity contribution in [2.45, 2.75) is 33.0 Å². The Kier molecular flexibility index (Phi) is 10.00. The maximum Gasteiger partial charge on any atom is 0.0541 e. The van der Waals surface area contributed by atoms with Gasteiger partial charge in [-0.15, -0.1) is 0 Å². The number of nitrogens with one attached hydrogen (secondary N) is 2. The van der Waals surface area contributed by atoms with Gasteiger partial charge in [-0.25, -0.2) is 0 Å². The highest BCUT2D eigenvalue weighted by Crippen LogP contribution is 2.10. The lowest BCUT2D eigenvalue weighted by Gasteiger charge is -2.21. The molecule has 0 saturated carbocycles. The predicted molar refractivity (Wildman–Crippen MR) is 130 cm³/mol. The van der Waals surface area contributed by atoms with Gasteiger partial charge < -0.3 is 10.6 Å². The highest BCUT2D eigenvalue weighted by Gasteiger charge is 2.04. The molecule has 0 aliphatic carbocycles. The second-order valence-corrected chi connectivity index (χ2v) is 8.17. The van der Waals surface area contributed by atoms with E-state index >= 15 is 0 Å². The van der Waals surface area contributed by atoms with E-state index in [1.807, 2.05) is 30.5 Å². The Bertz CT molecular complexity index is 866. The average molecular weight is 437 g/mol. The molecule has 0 saturated heterocycles. The largest absolute Gasteiger partial charge is 0.312 e. The summed E-state index contributed by atoms with van der Waals surface area (Å²) in [7, 11) is 0. The van der Waals surface area contributed by atoms with Crippen LogP contribution in [0.2, 0.25) is 5.02 Å². The smallest absolute Gasteiger partial charge is 0.0541 e. The molecule has 2 N–H and O–H groups in total. The molecule has 4 nitrogen and oxygen atoms in total. The lowest BCUT2D eigenvalue weighted by atomic mass is 10.1. The van der Waals surface area contributed by atoms with Crippen LogP contribution in [0.25, 0.3) is 0 Å². The second-order valence-electron chi connectivity index (χ2n) is 7.74. The van der Waals surface area contributed by atoms with Gasteiger partial charge >= 0.3 is 0 Å². The molecule has 0 fully saturated rings. The number of pyridine rings is 1. The molecular weight excluding hydrogens is 404 g/mol. The molecule has 1 heterocycles. The molecular formula is C26H33ClN4. The quantitative estimate of drug-likeness (QED) is 0.382. The van der Waals surface area contributed by atoms with E-state index in [1.54, 1.807) is 0 Å². The Morgan fingerprint density at radius 2 is 1.52 bits per heavy atom. The Hall–Kier alpha value is -2.24. The van der Waals surface area contributed by atoms with E-state index in [9.17, 15) is 0 Å². The lowest BCUT2D eigenvalue weighted by molar-refractivity contribution is 0.279. The molecule has 0 aliphatic heterocycles. The van der Waals surface area contributed by atoms with E-state index in [2.05, 4.69) is 69.9 Å². The van der Waals surface area contributed by atoms with Crippen molar-refractivity contribution < 1.29 is 0 Å². The summed E-state index contributed by atoms with van der Waals surface area (Å²) in [5.41, 5.74) is 5.07. The third kappa shape index (κ3) is 8.80. The van der Waals surface area contributed by atoms with Gasteiger partial charge in [0, 0.05) is 43.9 Å². The first kappa shape index (κ1) is 23.4. The molecule has 0 atom stereocenters. The summed E-state index contributed by atoms with van der Waals surface area (Å²) >= 11 is 5.94. The minimum atomic E-state index is 0.791. The fraction of sp³-hybridized carbons (Fsp3) is 0.346. The Balaban J connectivity index is 1.33. The average Bonchev–Trinajstić information content (AvgIpc) is 2.81. The normalized spacial score (nSPS) is 11.2. The van der Waals surface area contributed by atoms with Crippen LogP contribution in [0, 0.1) is 0 Å². The zero-order chi connectivity index (χ0) is 21.7. The Morgan fingerprint density at radius 3 is 2.23 bits per heavy atom. The molecule has 0 bridgehead atoms. The number of nitrogens with zero attached hydrogens (tertiary/aromatic N) is 2. The minimum Gasteiger partial charge on any atom is -0.312 e. The van der Waals surface area contributed by atoms with Crippen molar-refractivity contribution in [2.75, 3.05) is 26.2 Å². The standard InChI is InChI=1S/C26H33ClN4/c1-2-31(18-17-29-20-26-5-3-4-15-30-26)21-24-8-6-23(7-9-24)19-28-16-14-22-10-12-25(27)13-11-22/h3-13,15,28-29H,2,14,16-21H2,1H3. The summed E-state index contributed by atoms with van der Waals surface area (Å²) in [6, 6.07) is 23.1. The van der Waals surface area contributed by atoms with Crippen LogP contribution in [-0.2, 0) is 26.1 Å². The predicted octanol–water partition coefficient (Wildman–Crippen LogP) is 4.68. The van der Waals surface area contributed by atoms with E-state index < -0.39 is 0 Å². The molecule has 3 rings (SSSR count). The molecule has 0 spiro atoms. The first-order chi connectivity index (χ1) is 15.2. The fourth-order valence-electron chi connectivity index (χ4n) is 3.44. The van der Waals surface area contributed by atoms with Crippen LogP contribution >= 0.6 is 11.6 Å². The monoisotopic (exact) mass is 436 g/mol. The van der Waals surface area contributed by atoms with Gasteiger partial charge in [-0.3, -0.25) is 9.88 Å². The molecule has 1 aromatic heterocycles. The van der Waals surface area contributed by atoms with Crippen LogP contribution in [-0.4, -0.2) is 36.1 Å². The summed E-state index contributed by atoms with van der Waals surface area (Å²) in [5.74, 6) is 0. The summed E-state index contributed by atoms with van der Waals surface area (Å²) in [5, 5.41) is 7.80. The summed E-state index contributed by atoms with van der Waals surface area (Å²) in [4.78, 5) is 6.81. The highest BCUT2D eigenvalue weighted by molar-refractivity contribution is 6.30. The van der Waals surface area contributed by atoms with Crippen LogP contribution in [0.15, 0.2) is 72.9 Å². The number of likely N-dealkylation sites (N-methyl/N-ethyl adjacent to an activating group) is 1. The van der Waals surface area contributed by atoms with Crippen molar-refractivity contribution in [1.82, 2.24) is 20.5 Å². The van der Waals surface area contributed by atoms with Crippen molar-refractivity contribution in [3.8, 4) is 0 Å². The molecule has 0 radical (unpaired) electrons. The van der Waals surface area contributed by atoms with E-state index in [0.29, 0.717) is 0 Å². The zero-order valence-corrected chi connectivity index (χ0v) is 19.1. The maximum absolute atomic E-state index is 5.94. The van der Waals surface area contributed by atoms with E-state index in [4.69, 9.17) is 11.6 Å². The molecule has 0 unspecified atom stereocenters. The molecule has 31 heavy (non-hydrogen) atoms. The first-order valence-electron chi connectivity index (χ1n) is 11.1. The van der Waals surface area contributed by atoms with Crippen molar-refractivity contribution in [3.05, 3.63) is 100 Å². The third-order valence-electron chi connectivity index (χ3n) is 5.35. The van der Waals surface area contributed by atoms with Gasteiger partial charge in [0.2, 0.25) is 0 Å². The third-order valence-corrected chi connectivity index (χ3v) is 5.60. The molecule has 0 amide bonds. The number of benzene rings is 2. The number of rotatable bonds is 13. The first-order valence-corrected chi connectivity index (χ1v) is 11.5. The van der Waals surface area contributed by atoms with Crippen molar-refractivity contribution in [2.24, 2.45) is 0 Å². The molecule has 2 aromatic carbocycles. The van der Waals surface area contributed by atoms with Crippen LogP contribution in [0.5, 0.6) is 0 Å². The SMILES string of the molecule is CCN(CCNCc1ccccn1)Cc1ccc(CNCCc2ccc(Cl)cc2)cc1. The topological polar surface area (TPSA) is 40.2 Å². The lowest BCUT2D eigenvalue weighted by Crippen LogP contribution is -2.31. The molecule has 3 aromatic rings. The molecule has 164 valence electrons. The Labute approximate surface area is 191 Å². The maximum atomic E-state index is 5.94. The number of halogens is 1. The summed E-state index contributed by atoms with van der Waals surface area (Å²) in [6.45, 7) is 8.89. The minimum absolute atomic E-state index is 0.791. The van der Waals surface area contributed by atoms with E-state index in [0.717, 1.165) is 63.0 Å². The number of hydrogen-bond acceptors (Lipinski definition) is 4. The van der Waals surface area contributed by atoms with Gasteiger partial charge in [0.25, 0.3) is 0 Å². The van der Waals surface area contributed by atoms with Gasteiger partial charge in [0.15, 0.2) is 0 Å². The number of hydrogen-bond donors (Lipinski definition) is 2. The van der Waals surface area contributed by atoms with Crippen molar-refractivity contribution >= 4 is 11.6 Å². The van der Waals surface area contributed by atoms with Gasteiger partial charge in [-0.05, 0) is 60.5 Å². The van der Waals surface area contributed by atoms with Crippen LogP contribution < -0.4 is 10.6 Å². The second kappa shape index (κ2) is 13.2. The summed E-state index contributed by atoms with van der Waals surface area (Å²) in [6.07, 6.45) is 2.85. The van der Waals surface area contributed by atoms with Gasteiger partial charge in [-0.1, -0.05) is 61.0 Å². The Morgan fingerprint density at radius 1 is 0.806 bits per heavy atom. The van der Waals surface area contributed by atoms with E-state index in [-0.39, 0.29) is 0 Å². The van der Waals surface area contributed by atoms with E-state index in [1.165, 1.54) is 16.7 Å². The van der Waals surface area contributed by atoms with Crippen LogP contribution in [0.3, 0.4) is 0 Å². The van der Waals surface area contributed by atoms with Crippen molar-refractivity contribution in [1.29, 1.82) is 0 Å².